The first-order valence-corrected chi connectivity index (χ1v) is 10.1. The van der Waals surface area contributed by atoms with Crippen molar-refractivity contribution in [2.45, 2.75) is 70.7 Å². The van der Waals surface area contributed by atoms with Gasteiger partial charge in [0.05, 0.1) is 19.3 Å². The summed E-state index contributed by atoms with van der Waals surface area (Å²) >= 11 is 0. The molecule has 1 N–H and O–H groups in total. The third-order valence-corrected chi connectivity index (χ3v) is 8.57. The van der Waals surface area contributed by atoms with Crippen molar-refractivity contribution in [3.63, 3.8) is 0 Å². The fourth-order valence-corrected chi connectivity index (χ4v) is 7.25. The molecule has 0 aromatic heterocycles. The van der Waals surface area contributed by atoms with E-state index in [1.807, 2.05) is 0 Å². The molecule has 0 aromatic carbocycles. The molecule has 1 heterocycles. The maximum Gasteiger partial charge on any atom is 0.172 e. The molecule has 1 spiro atoms. The summed E-state index contributed by atoms with van der Waals surface area (Å²) in [6.07, 6.45) is 8.17. The Kier molecular flexibility index (Phi) is 3.41. The Labute approximate surface area is 150 Å². The fourth-order valence-electron chi connectivity index (χ4n) is 7.25. The van der Waals surface area contributed by atoms with Crippen molar-refractivity contribution in [1.29, 1.82) is 0 Å². The average Bonchev–Trinajstić information content (AvgIpc) is 3.13. The van der Waals surface area contributed by atoms with Gasteiger partial charge < -0.3 is 14.6 Å². The Morgan fingerprint density at radius 3 is 2.68 bits per heavy atom. The van der Waals surface area contributed by atoms with Gasteiger partial charge in [-0.2, -0.15) is 0 Å². The number of aliphatic hydroxyl groups excluding tert-OH is 1. The molecular formula is C21H30O4. The zero-order valence-electron chi connectivity index (χ0n) is 15.4. The number of carbonyl (C=O) groups excluding carboxylic acids is 1. The molecule has 1 aliphatic heterocycles. The molecule has 4 nitrogen and oxygen atoms in total. The van der Waals surface area contributed by atoms with Crippen LogP contribution < -0.4 is 0 Å². The predicted molar refractivity (Wildman–Crippen MR) is 92.7 cm³/mol. The number of carbonyl (C=O) groups is 1. The monoisotopic (exact) mass is 346 g/mol. The van der Waals surface area contributed by atoms with E-state index in [4.69, 9.17) is 9.47 Å². The molecule has 3 saturated carbocycles. The van der Waals surface area contributed by atoms with Crippen LogP contribution in [0, 0.1) is 28.6 Å². The summed E-state index contributed by atoms with van der Waals surface area (Å²) in [5.41, 5.74) is 1.15. The standard InChI is InChI=1S/C21H30O4/c1-19-7-8-21(24-9-10-25-21)11-13(19)3-4-14-15-5-6-17(23)20(15,2)12-16(22)18(14)19/h3,14-16,18,22H,4-12H2,1-2H3/t14-,15-,16+,18+,19-,20-/m0/s1. The second-order valence-corrected chi connectivity index (χ2v) is 9.61. The van der Waals surface area contributed by atoms with Crippen molar-refractivity contribution in [3.05, 3.63) is 11.6 Å². The molecule has 4 heteroatoms. The first kappa shape index (κ1) is 16.5. The lowest BCUT2D eigenvalue weighted by atomic mass is 9.47. The summed E-state index contributed by atoms with van der Waals surface area (Å²) in [7, 11) is 0. The van der Waals surface area contributed by atoms with Crippen LogP contribution in [0.25, 0.3) is 0 Å². The third-order valence-electron chi connectivity index (χ3n) is 8.57. The van der Waals surface area contributed by atoms with Gasteiger partial charge in [-0.25, -0.2) is 0 Å². The summed E-state index contributed by atoms with van der Waals surface area (Å²) in [6, 6.07) is 0. The van der Waals surface area contributed by atoms with Crippen molar-refractivity contribution in [1.82, 2.24) is 0 Å². The van der Waals surface area contributed by atoms with E-state index in [9.17, 15) is 9.90 Å². The minimum atomic E-state index is -0.407. The molecule has 0 radical (unpaired) electrons. The van der Waals surface area contributed by atoms with Crippen LogP contribution in [0.4, 0.5) is 0 Å². The number of aliphatic hydroxyl groups is 1. The maximum atomic E-state index is 12.5. The molecule has 0 bridgehead atoms. The number of allylic oxidation sites excluding steroid dienone is 1. The summed E-state index contributed by atoms with van der Waals surface area (Å²) in [5, 5.41) is 11.2. The second kappa shape index (κ2) is 5.17. The van der Waals surface area contributed by atoms with E-state index in [1.165, 1.54) is 5.57 Å². The van der Waals surface area contributed by atoms with Crippen LogP contribution in [-0.2, 0) is 14.3 Å². The van der Waals surface area contributed by atoms with Crippen LogP contribution in [0.3, 0.4) is 0 Å². The van der Waals surface area contributed by atoms with E-state index in [0.717, 1.165) is 32.1 Å². The summed E-state index contributed by atoms with van der Waals surface area (Å²) < 4.78 is 11.9. The zero-order valence-corrected chi connectivity index (χ0v) is 15.4. The van der Waals surface area contributed by atoms with Crippen LogP contribution in [0.15, 0.2) is 11.6 Å². The van der Waals surface area contributed by atoms with Gasteiger partial charge in [-0.1, -0.05) is 25.5 Å². The van der Waals surface area contributed by atoms with Gasteiger partial charge >= 0.3 is 0 Å². The van der Waals surface area contributed by atoms with Crippen molar-refractivity contribution in [3.8, 4) is 0 Å². The quantitative estimate of drug-likeness (QED) is 0.684. The lowest BCUT2D eigenvalue weighted by Crippen LogP contribution is -2.57. The molecular weight excluding hydrogens is 316 g/mol. The van der Waals surface area contributed by atoms with Crippen molar-refractivity contribution in [2.24, 2.45) is 28.6 Å². The normalized spacial score (nSPS) is 51.0. The number of rotatable bonds is 0. The highest BCUT2D eigenvalue weighted by molar-refractivity contribution is 5.87. The number of Topliss-reactive ketones (excluding diaryl/α,β-unsaturated/α-hetero) is 1. The minimum Gasteiger partial charge on any atom is -0.393 e. The molecule has 4 aliphatic carbocycles. The zero-order chi connectivity index (χ0) is 17.4. The van der Waals surface area contributed by atoms with E-state index in [2.05, 4.69) is 19.9 Å². The van der Waals surface area contributed by atoms with Gasteiger partial charge in [0.15, 0.2) is 5.79 Å². The largest absolute Gasteiger partial charge is 0.393 e. The Morgan fingerprint density at radius 2 is 1.92 bits per heavy atom. The van der Waals surface area contributed by atoms with Crippen molar-refractivity contribution < 1.29 is 19.4 Å². The fraction of sp³-hybridized carbons (Fsp3) is 0.857. The Morgan fingerprint density at radius 1 is 1.16 bits per heavy atom. The number of ketones is 1. The number of hydrogen-bond acceptors (Lipinski definition) is 4. The smallest absolute Gasteiger partial charge is 0.172 e. The van der Waals surface area contributed by atoms with Gasteiger partial charge in [0.25, 0.3) is 0 Å². The SMILES string of the molecule is C[C@]12CCC3(CC1=CC[C@@H]1[C@@H]2[C@H](O)C[C@]2(C)C(=O)CC[C@@H]12)OCCO3. The number of hydrogen-bond donors (Lipinski definition) is 1. The lowest BCUT2D eigenvalue weighted by molar-refractivity contribution is -0.192. The molecule has 0 unspecified atom stereocenters. The topological polar surface area (TPSA) is 55.8 Å². The summed E-state index contributed by atoms with van der Waals surface area (Å²) in [5.74, 6) is 1.13. The molecule has 6 atom stereocenters. The predicted octanol–water partition coefficient (Wildman–Crippen LogP) is 3.23. The summed E-state index contributed by atoms with van der Waals surface area (Å²) in [6.45, 7) is 5.85. The molecule has 5 rings (SSSR count). The molecule has 1 saturated heterocycles. The van der Waals surface area contributed by atoms with Gasteiger partial charge in [-0.3, -0.25) is 4.79 Å². The van der Waals surface area contributed by atoms with Gasteiger partial charge in [0.1, 0.15) is 5.78 Å². The van der Waals surface area contributed by atoms with E-state index in [0.29, 0.717) is 43.7 Å². The van der Waals surface area contributed by atoms with Gasteiger partial charge in [0.2, 0.25) is 0 Å². The van der Waals surface area contributed by atoms with Crippen LogP contribution in [0.1, 0.15) is 58.8 Å². The highest BCUT2D eigenvalue weighted by Gasteiger charge is 2.63. The Balaban J connectivity index is 1.51. The molecule has 25 heavy (non-hydrogen) atoms. The first-order chi connectivity index (χ1) is 11.9. The van der Waals surface area contributed by atoms with Gasteiger partial charge in [-0.15, -0.1) is 0 Å². The molecule has 5 aliphatic rings. The van der Waals surface area contributed by atoms with E-state index in [1.54, 1.807) is 0 Å². The first-order valence-electron chi connectivity index (χ1n) is 10.1. The molecule has 4 fully saturated rings. The van der Waals surface area contributed by atoms with Gasteiger partial charge in [-0.05, 0) is 48.9 Å². The Bertz CT molecular complexity index is 634. The third kappa shape index (κ3) is 2.08. The van der Waals surface area contributed by atoms with E-state index >= 15 is 0 Å². The number of ether oxygens (including phenoxy) is 2. The van der Waals surface area contributed by atoms with Gasteiger partial charge in [0, 0.05) is 24.7 Å². The van der Waals surface area contributed by atoms with Crippen molar-refractivity contribution >= 4 is 5.78 Å². The highest BCUT2D eigenvalue weighted by atomic mass is 16.7. The number of fused-ring (bicyclic) bond motifs is 5. The average molecular weight is 346 g/mol. The maximum absolute atomic E-state index is 12.5. The second-order valence-electron chi connectivity index (χ2n) is 9.61. The molecule has 0 aromatic rings. The van der Waals surface area contributed by atoms with Crippen molar-refractivity contribution in [2.75, 3.05) is 13.2 Å². The van der Waals surface area contributed by atoms with Crippen LogP contribution in [0.2, 0.25) is 0 Å². The van der Waals surface area contributed by atoms with Crippen LogP contribution >= 0.6 is 0 Å². The van der Waals surface area contributed by atoms with E-state index in [-0.39, 0.29) is 22.9 Å². The highest BCUT2D eigenvalue weighted by Crippen LogP contribution is 2.65. The molecule has 0 amide bonds. The Hall–Kier alpha value is -0.710. The summed E-state index contributed by atoms with van der Waals surface area (Å²) in [4.78, 5) is 12.5. The van der Waals surface area contributed by atoms with Crippen LogP contribution in [-0.4, -0.2) is 36.0 Å². The van der Waals surface area contributed by atoms with E-state index < -0.39 is 5.79 Å². The van der Waals surface area contributed by atoms with Crippen LogP contribution in [0.5, 0.6) is 0 Å². The minimum absolute atomic E-state index is 0.0237. The lowest BCUT2D eigenvalue weighted by Gasteiger charge is -2.59. The molecule has 138 valence electrons.